The van der Waals surface area contributed by atoms with Gasteiger partial charge in [0.15, 0.2) is 0 Å². The van der Waals surface area contributed by atoms with Gasteiger partial charge in [-0.15, -0.1) is 11.3 Å². The van der Waals surface area contributed by atoms with Crippen LogP contribution in [0.5, 0.6) is 0 Å². The van der Waals surface area contributed by atoms with Gasteiger partial charge in [-0.1, -0.05) is 36.4 Å². The number of hydrogen-bond acceptors (Lipinski definition) is 7. The zero-order valence-electron chi connectivity index (χ0n) is 22.8. The molecule has 1 aliphatic carbocycles. The van der Waals surface area contributed by atoms with Crippen molar-refractivity contribution in [2.45, 2.75) is 46.1 Å². The second kappa shape index (κ2) is 10.8. The highest BCUT2D eigenvalue weighted by molar-refractivity contribution is 7.17. The zero-order chi connectivity index (χ0) is 28.7. The summed E-state index contributed by atoms with van der Waals surface area (Å²) in [4.78, 5) is 46.4. The molecule has 0 aliphatic heterocycles. The fraction of sp³-hybridized carbons (Fsp3) is 0.258. The SMILES string of the molecule is CCOC(=O)c1c(NC(=O)c2cc3c(=O)n4cccc(C)c4nc3n(Cc3ccccc3)c2=N)sc2c1CCCC2. The second-order valence-electron chi connectivity index (χ2n) is 10.1. The summed E-state index contributed by atoms with van der Waals surface area (Å²) in [5, 5.41) is 12.6. The molecular weight excluding hydrogens is 538 g/mol. The van der Waals surface area contributed by atoms with Crippen LogP contribution in [0, 0.1) is 12.3 Å². The number of hydrogen-bond donors (Lipinski definition) is 2. The lowest BCUT2D eigenvalue weighted by molar-refractivity contribution is 0.0526. The Labute approximate surface area is 239 Å². The van der Waals surface area contributed by atoms with Crippen molar-refractivity contribution >= 4 is 44.9 Å². The summed E-state index contributed by atoms with van der Waals surface area (Å²) in [6.45, 7) is 4.09. The van der Waals surface area contributed by atoms with Gasteiger partial charge in [-0.25, -0.2) is 9.78 Å². The molecule has 0 spiro atoms. The van der Waals surface area contributed by atoms with Crippen molar-refractivity contribution in [3.63, 3.8) is 0 Å². The van der Waals surface area contributed by atoms with Crippen LogP contribution in [-0.4, -0.2) is 32.4 Å². The molecule has 0 saturated heterocycles. The molecule has 1 amide bonds. The Hall–Kier alpha value is -4.57. The van der Waals surface area contributed by atoms with Crippen LogP contribution in [0.15, 0.2) is 59.5 Å². The fourth-order valence-corrected chi connectivity index (χ4v) is 6.71. The third-order valence-corrected chi connectivity index (χ3v) is 8.65. The average Bonchev–Trinajstić information content (AvgIpc) is 3.33. The number of nitrogens with one attached hydrogen (secondary N) is 2. The van der Waals surface area contributed by atoms with Gasteiger partial charge in [0.1, 0.15) is 21.8 Å². The number of carbonyl (C=O) groups excluding carboxylic acids is 2. The Morgan fingerprint density at radius 1 is 1.10 bits per heavy atom. The molecule has 41 heavy (non-hydrogen) atoms. The van der Waals surface area contributed by atoms with E-state index in [1.165, 1.54) is 21.8 Å². The standard InChI is InChI=1S/C31H29N5O4S/c1-3-40-31(39)24-20-13-7-8-14-23(20)41-29(24)34-28(37)21-16-22-27(33-26-18(2)10-9-15-35(26)30(22)38)36(25(21)32)17-19-11-5-4-6-12-19/h4-6,9-12,15-16,32H,3,7-8,13-14,17H2,1-2H3,(H,34,37). The van der Waals surface area contributed by atoms with Crippen LogP contribution in [-0.2, 0) is 24.1 Å². The minimum absolute atomic E-state index is 0.0149. The van der Waals surface area contributed by atoms with Gasteiger partial charge in [0.05, 0.1) is 29.7 Å². The van der Waals surface area contributed by atoms with E-state index in [9.17, 15) is 14.4 Å². The molecule has 4 aromatic heterocycles. The number of nitrogens with zero attached hydrogens (tertiary/aromatic N) is 3. The molecule has 1 aliphatic rings. The third-order valence-electron chi connectivity index (χ3n) is 7.44. The van der Waals surface area contributed by atoms with E-state index in [1.807, 2.05) is 43.3 Å². The number of thiophene rings is 1. The van der Waals surface area contributed by atoms with E-state index in [0.717, 1.165) is 47.3 Å². The lowest BCUT2D eigenvalue weighted by atomic mass is 9.95. The largest absolute Gasteiger partial charge is 0.462 e. The number of aromatic nitrogens is 3. The monoisotopic (exact) mass is 567 g/mol. The Bertz CT molecular complexity index is 1960. The lowest BCUT2D eigenvalue weighted by Crippen LogP contribution is -2.32. The van der Waals surface area contributed by atoms with E-state index in [2.05, 4.69) is 5.32 Å². The number of aryl methyl sites for hydroxylation is 2. The smallest absolute Gasteiger partial charge is 0.341 e. The van der Waals surface area contributed by atoms with Crippen LogP contribution in [0.3, 0.4) is 0 Å². The molecular formula is C31H29N5O4S. The number of pyridine rings is 2. The Kier molecular flexibility index (Phi) is 7.00. The topological polar surface area (TPSA) is 119 Å². The highest BCUT2D eigenvalue weighted by Gasteiger charge is 2.28. The van der Waals surface area contributed by atoms with Crippen LogP contribution in [0.2, 0.25) is 0 Å². The van der Waals surface area contributed by atoms with Crippen molar-refractivity contribution in [3.05, 3.63) is 103 Å². The molecule has 2 N–H and O–H groups in total. The van der Waals surface area contributed by atoms with Crippen molar-refractivity contribution in [1.29, 1.82) is 5.41 Å². The first-order chi connectivity index (χ1) is 19.9. The van der Waals surface area contributed by atoms with Gasteiger partial charge in [0.2, 0.25) is 0 Å². The molecule has 4 heterocycles. The Morgan fingerprint density at radius 3 is 2.66 bits per heavy atom. The molecule has 9 nitrogen and oxygen atoms in total. The van der Waals surface area contributed by atoms with Gasteiger partial charge in [0.25, 0.3) is 11.5 Å². The molecule has 0 radical (unpaired) electrons. The van der Waals surface area contributed by atoms with Crippen molar-refractivity contribution in [2.24, 2.45) is 0 Å². The van der Waals surface area contributed by atoms with Crippen molar-refractivity contribution < 1.29 is 14.3 Å². The van der Waals surface area contributed by atoms with Crippen LogP contribution >= 0.6 is 11.3 Å². The summed E-state index contributed by atoms with van der Waals surface area (Å²) in [6, 6.07) is 14.6. The molecule has 0 atom stereocenters. The summed E-state index contributed by atoms with van der Waals surface area (Å²) in [5.74, 6) is -1.04. The summed E-state index contributed by atoms with van der Waals surface area (Å²) in [7, 11) is 0. The normalized spacial score (nSPS) is 12.8. The van der Waals surface area contributed by atoms with E-state index >= 15 is 0 Å². The zero-order valence-corrected chi connectivity index (χ0v) is 23.6. The summed E-state index contributed by atoms with van der Waals surface area (Å²) < 4.78 is 8.39. The summed E-state index contributed by atoms with van der Waals surface area (Å²) in [6.07, 6.45) is 5.23. The van der Waals surface area contributed by atoms with E-state index in [-0.39, 0.29) is 35.1 Å². The minimum Gasteiger partial charge on any atom is -0.462 e. The molecule has 0 unspecified atom stereocenters. The molecule has 208 valence electrons. The Morgan fingerprint density at radius 2 is 1.88 bits per heavy atom. The predicted molar refractivity (Wildman–Crippen MR) is 158 cm³/mol. The maximum Gasteiger partial charge on any atom is 0.341 e. The van der Waals surface area contributed by atoms with Gasteiger partial charge in [-0.2, -0.15) is 0 Å². The number of esters is 1. The highest BCUT2D eigenvalue weighted by Crippen LogP contribution is 2.38. The van der Waals surface area contributed by atoms with Crippen LogP contribution in [0.1, 0.15) is 62.0 Å². The summed E-state index contributed by atoms with van der Waals surface area (Å²) in [5.41, 5.74) is 3.47. The molecule has 5 aromatic rings. The average molecular weight is 568 g/mol. The van der Waals surface area contributed by atoms with Crippen LogP contribution in [0.4, 0.5) is 5.00 Å². The molecule has 0 saturated carbocycles. The maximum atomic E-state index is 13.8. The predicted octanol–water partition coefficient (Wildman–Crippen LogP) is 4.85. The number of anilines is 1. The van der Waals surface area contributed by atoms with Crippen LogP contribution < -0.4 is 16.4 Å². The molecule has 0 bridgehead atoms. The number of carbonyl (C=O) groups is 2. The minimum atomic E-state index is -0.573. The Balaban J connectivity index is 1.53. The van der Waals surface area contributed by atoms with Gasteiger partial charge in [-0.3, -0.25) is 19.4 Å². The maximum absolute atomic E-state index is 13.8. The number of benzene rings is 1. The molecule has 6 rings (SSSR count). The first kappa shape index (κ1) is 26.6. The highest BCUT2D eigenvalue weighted by atomic mass is 32.1. The number of fused-ring (bicyclic) bond motifs is 3. The van der Waals surface area contributed by atoms with Gasteiger partial charge in [-0.05, 0) is 68.4 Å². The quantitative estimate of drug-likeness (QED) is 0.225. The van der Waals surface area contributed by atoms with Crippen molar-refractivity contribution in [2.75, 3.05) is 11.9 Å². The first-order valence-electron chi connectivity index (χ1n) is 13.6. The van der Waals surface area contributed by atoms with Gasteiger partial charge in [0, 0.05) is 11.1 Å². The molecule has 10 heteroatoms. The van der Waals surface area contributed by atoms with Crippen molar-refractivity contribution in [3.8, 4) is 0 Å². The van der Waals surface area contributed by atoms with E-state index in [1.54, 1.807) is 23.8 Å². The second-order valence-corrected chi connectivity index (χ2v) is 11.2. The fourth-order valence-electron chi connectivity index (χ4n) is 5.43. The molecule has 1 aromatic carbocycles. The molecule has 0 fully saturated rings. The van der Waals surface area contributed by atoms with E-state index in [0.29, 0.717) is 21.9 Å². The number of amides is 1. The number of ether oxygens (including phenoxy) is 1. The van der Waals surface area contributed by atoms with Gasteiger partial charge >= 0.3 is 5.97 Å². The summed E-state index contributed by atoms with van der Waals surface area (Å²) >= 11 is 1.38. The third kappa shape index (κ3) is 4.74. The lowest BCUT2D eigenvalue weighted by Gasteiger charge is -2.15. The van der Waals surface area contributed by atoms with Crippen molar-refractivity contribution in [1.82, 2.24) is 14.0 Å². The van der Waals surface area contributed by atoms with E-state index < -0.39 is 11.9 Å². The van der Waals surface area contributed by atoms with E-state index in [4.69, 9.17) is 15.1 Å². The van der Waals surface area contributed by atoms with Gasteiger partial charge < -0.3 is 14.6 Å². The van der Waals surface area contributed by atoms with Crippen LogP contribution in [0.25, 0.3) is 16.7 Å². The first-order valence-corrected chi connectivity index (χ1v) is 14.5. The number of rotatable bonds is 6.